The molecule has 1 amide bonds. The van der Waals surface area contributed by atoms with E-state index < -0.39 is 6.36 Å². The zero-order valence-corrected chi connectivity index (χ0v) is 14.8. The largest absolute Gasteiger partial charge is 0.573 e. The van der Waals surface area contributed by atoms with Crippen LogP contribution in [0.1, 0.15) is 16.1 Å². The summed E-state index contributed by atoms with van der Waals surface area (Å²) in [5.41, 5.74) is 2.22. The van der Waals surface area contributed by atoms with Crippen molar-refractivity contribution in [3.8, 4) is 5.75 Å². The number of benzene rings is 2. The van der Waals surface area contributed by atoms with E-state index in [9.17, 15) is 18.0 Å². The Kier molecular flexibility index (Phi) is 4.67. The number of para-hydroxylation sites is 1. The second-order valence-corrected chi connectivity index (χ2v) is 6.19. The van der Waals surface area contributed by atoms with Crippen LogP contribution < -0.4 is 10.1 Å². The Morgan fingerprint density at radius 2 is 1.90 bits per heavy atom. The molecular formula is C19H14F3N5O2. The third kappa shape index (κ3) is 4.37. The molecule has 0 fully saturated rings. The molecule has 2 aromatic heterocycles. The van der Waals surface area contributed by atoms with E-state index in [-0.39, 0.29) is 17.4 Å². The van der Waals surface area contributed by atoms with Crippen LogP contribution in [-0.2, 0) is 6.54 Å². The zero-order valence-electron chi connectivity index (χ0n) is 14.8. The highest BCUT2D eigenvalue weighted by molar-refractivity contribution is 6.10. The lowest BCUT2D eigenvalue weighted by atomic mass is 10.2. The third-order valence-corrected chi connectivity index (χ3v) is 4.08. The highest BCUT2D eigenvalue weighted by Crippen LogP contribution is 2.23. The number of anilines is 1. The predicted molar refractivity (Wildman–Crippen MR) is 98.5 cm³/mol. The van der Waals surface area contributed by atoms with E-state index in [4.69, 9.17) is 0 Å². The average molecular weight is 401 g/mol. The molecule has 0 atom stereocenters. The topological polar surface area (TPSA) is 84.8 Å². The van der Waals surface area contributed by atoms with E-state index in [1.54, 1.807) is 16.9 Å². The minimum Gasteiger partial charge on any atom is -0.406 e. The summed E-state index contributed by atoms with van der Waals surface area (Å²) in [5, 5.41) is 14.4. The summed E-state index contributed by atoms with van der Waals surface area (Å²) in [7, 11) is 0. The van der Waals surface area contributed by atoms with E-state index in [1.165, 1.54) is 30.5 Å². The number of halogens is 3. The quantitative estimate of drug-likeness (QED) is 0.530. The van der Waals surface area contributed by atoms with E-state index in [0.29, 0.717) is 17.6 Å². The number of fused-ring (bicyclic) bond motifs is 1. The second kappa shape index (κ2) is 7.30. The Labute approximate surface area is 162 Å². The summed E-state index contributed by atoms with van der Waals surface area (Å²) in [5.74, 6) is -0.670. The number of hydrogen-bond donors (Lipinski definition) is 2. The number of amides is 1. The van der Waals surface area contributed by atoms with Gasteiger partial charge in [0, 0.05) is 11.6 Å². The second-order valence-electron chi connectivity index (χ2n) is 6.19. The number of hydrogen-bond acceptors (Lipinski definition) is 4. The first-order chi connectivity index (χ1) is 13.9. The first-order valence-electron chi connectivity index (χ1n) is 8.49. The Hall–Kier alpha value is -3.82. The summed E-state index contributed by atoms with van der Waals surface area (Å²) in [6, 6.07) is 12.8. The molecule has 2 aromatic carbocycles. The van der Waals surface area contributed by atoms with Crippen molar-refractivity contribution in [2.75, 3.05) is 5.32 Å². The minimum atomic E-state index is -4.73. The number of ether oxygens (including phenoxy) is 1. The van der Waals surface area contributed by atoms with E-state index in [0.717, 1.165) is 11.1 Å². The fourth-order valence-electron chi connectivity index (χ4n) is 2.83. The molecule has 0 saturated heterocycles. The Balaban J connectivity index is 1.41. The summed E-state index contributed by atoms with van der Waals surface area (Å²) in [4.78, 5) is 12.5. The van der Waals surface area contributed by atoms with Crippen LogP contribution >= 0.6 is 0 Å². The number of aromatic amines is 1. The molecule has 0 aliphatic heterocycles. The summed E-state index contributed by atoms with van der Waals surface area (Å²) < 4.78 is 42.0. The monoisotopic (exact) mass is 401 g/mol. The molecule has 2 N–H and O–H groups in total. The molecule has 0 radical (unpaired) electrons. The molecule has 0 aliphatic rings. The molecule has 4 aromatic rings. The summed E-state index contributed by atoms with van der Waals surface area (Å²) in [6.45, 7) is 0.313. The Morgan fingerprint density at radius 1 is 1.14 bits per heavy atom. The molecule has 2 heterocycles. The van der Waals surface area contributed by atoms with Gasteiger partial charge in [-0.1, -0.05) is 30.3 Å². The van der Waals surface area contributed by atoms with Crippen LogP contribution in [0.15, 0.2) is 60.9 Å². The van der Waals surface area contributed by atoms with Gasteiger partial charge in [0.05, 0.1) is 23.9 Å². The first-order valence-corrected chi connectivity index (χ1v) is 8.49. The molecule has 0 bridgehead atoms. The van der Waals surface area contributed by atoms with Crippen LogP contribution in [0.5, 0.6) is 5.75 Å². The van der Waals surface area contributed by atoms with Crippen LogP contribution in [0, 0.1) is 0 Å². The number of nitrogens with one attached hydrogen (secondary N) is 2. The smallest absolute Gasteiger partial charge is 0.406 e. The molecule has 10 heteroatoms. The van der Waals surface area contributed by atoms with Gasteiger partial charge in [-0.05, 0) is 23.8 Å². The fraction of sp³-hybridized carbons (Fsp3) is 0.105. The lowest BCUT2D eigenvalue weighted by Gasteiger charge is -2.09. The highest BCUT2D eigenvalue weighted by Gasteiger charge is 2.30. The van der Waals surface area contributed by atoms with Crippen molar-refractivity contribution < 1.29 is 22.7 Å². The van der Waals surface area contributed by atoms with Gasteiger partial charge in [0.25, 0.3) is 5.91 Å². The molecular weight excluding hydrogens is 387 g/mol. The van der Waals surface area contributed by atoms with Gasteiger partial charge in [-0.25, -0.2) is 0 Å². The van der Waals surface area contributed by atoms with Gasteiger partial charge in [0.2, 0.25) is 0 Å². The lowest BCUT2D eigenvalue weighted by molar-refractivity contribution is -0.274. The SMILES string of the molecule is O=C(Nc1cnn(Cc2ccc(OC(F)(F)F)cc2)c1)c1n[nH]c2ccccc12. The van der Waals surface area contributed by atoms with Crippen molar-refractivity contribution in [3.63, 3.8) is 0 Å². The van der Waals surface area contributed by atoms with Crippen molar-refractivity contribution in [3.05, 3.63) is 72.2 Å². The van der Waals surface area contributed by atoms with Crippen LogP contribution in [0.3, 0.4) is 0 Å². The molecule has 0 saturated carbocycles. The lowest BCUT2D eigenvalue weighted by Crippen LogP contribution is -2.17. The van der Waals surface area contributed by atoms with Gasteiger partial charge in [-0.3, -0.25) is 14.6 Å². The fourth-order valence-corrected chi connectivity index (χ4v) is 2.83. The van der Waals surface area contributed by atoms with Crippen LogP contribution in [0.25, 0.3) is 10.9 Å². The van der Waals surface area contributed by atoms with Crippen molar-refractivity contribution in [1.82, 2.24) is 20.0 Å². The Bertz CT molecular complexity index is 1150. The number of alkyl halides is 3. The van der Waals surface area contributed by atoms with Crippen molar-refractivity contribution in [1.29, 1.82) is 0 Å². The molecule has 148 valence electrons. The summed E-state index contributed by atoms with van der Waals surface area (Å²) in [6.07, 6.45) is -1.63. The molecule has 0 spiro atoms. The number of carbonyl (C=O) groups excluding carboxylic acids is 1. The molecule has 0 aliphatic carbocycles. The number of aromatic nitrogens is 4. The predicted octanol–water partition coefficient (Wildman–Crippen LogP) is 3.96. The van der Waals surface area contributed by atoms with Crippen LogP contribution in [0.4, 0.5) is 18.9 Å². The summed E-state index contributed by atoms with van der Waals surface area (Å²) >= 11 is 0. The van der Waals surface area contributed by atoms with Gasteiger partial charge >= 0.3 is 6.36 Å². The molecule has 7 nitrogen and oxygen atoms in total. The molecule has 0 unspecified atom stereocenters. The van der Waals surface area contributed by atoms with Gasteiger partial charge in [-0.15, -0.1) is 13.2 Å². The number of rotatable bonds is 5. The average Bonchev–Trinajstić information content (AvgIpc) is 3.29. The minimum absolute atomic E-state index is 0.272. The third-order valence-electron chi connectivity index (χ3n) is 4.08. The van der Waals surface area contributed by atoms with Crippen LogP contribution in [-0.4, -0.2) is 32.2 Å². The Morgan fingerprint density at radius 3 is 2.66 bits per heavy atom. The zero-order chi connectivity index (χ0) is 20.4. The maximum absolute atomic E-state index is 12.5. The maximum atomic E-state index is 12.5. The van der Waals surface area contributed by atoms with Gasteiger partial charge < -0.3 is 10.1 Å². The van der Waals surface area contributed by atoms with E-state index in [1.807, 2.05) is 18.2 Å². The first kappa shape index (κ1) is 18.5. The van der Waals surface area contributed by atoms with E-state index >= 15 is 0 Å². The van der Waals surface area contributed by atoms with Gasteiger partial charge in [0.1, 0.15) is 5.75 Å². The van der Waals surface area contributed by atoms with Crippen molar-refractivity contribution in [2.45, 2.75) is 12.9 Å². The van der Waals surface area contributed by atoms with Gasteiger partial charge in [-0.2, -0.15) is 10.2 Å². The van der Waals surface area contributed by atoms with Gasteiger partial charge in [0.15, 0.2) is 5.69 Å². The van der Waals surface area contributed by atoms with E-state index in [2.05, 4.69) is 25.3 Å². The number of H-pyrrole nitrogens is 1. The van der Waals surface area contributed by atoms with Crippen molar-refractivity contribution >= 4 is 22.5 Å². The van der Waals surface area contributed by atoms with Crippen molar-refractivity contribution in [2.24, 2.45) is 0 Å². The van der Waals surface area contributed by atoms with Crippen LogP contribution in [0.2, 0.25) is 0 Å². The molecule has 4 rings (SSSR count). The normalized spacial score (nSPS) is 11.6. The maximum Gasteiger partial charge on any atom is 0.573 e. The highest BCUT2D eigenvalue weighted by atomic mass is 19.4. The number of nitrogens with zero attached hydrogens (tertiary/aromatic N) is 3. The molecule has 29 heavy (non-hydrogen) atoms. The standard InChI is InChI=1S/C19H14F3N5O2/c20-19(21,22)29-14-7-5-12(6-8-14)10-27-11-13(9-23-27)24-18(28)17-15-3-1-2-4-16(15)25-26-17/h1-9,11H,10H2,(H,24,28)(H,25,26). The number of carbonyl (C=O) groups is 1.